The summed E-state index contributed by atoms with van der Waals surface area (Å²) >= 11 is 0. The molecule has 0 aromatic heterocycles. The Balaban J connectivity index is 1.41. The molecule has 1 unspecified atom stereocenters. The molecule has 6 heteroatoms. The number of carbonyl (C=O) groups excluding carboxylic acids is 1. The van der Waals surface area contributed by atoms with E-state index in [1.165, 1.54) is 55.5 Å². The van der Waals surface area contributed by atoms with Crippen LogP contribution in [0.25, 0.3) is 0 Å². The summed E-state index contributed by atoms with van der Waals surface area (Å²) in [4.78, 5) is 19.6. The molecule has 33 heavy (non-hydrogen) atoms. The molecule has 2 heterocycles. The SMILES string of the molecule is CCNC(=NCc1ccccc1CN1CCCCCC1)NCC1CC(=O)Nc2ccccc21. The molecule has 0 spiro atoms. The smallest absolute Gasteiger partial charge is 0.225 e. The van der Waals surface area contributed by atoms with Gasteiger partial charge in [-0.25, -0.2) is 4.99 Å². The number of anilines is 1. The molecule has 0 radical (unpaired) electrons. The number of rotatable bonds is 7. The summed E-state index contributed by atoms with van der Waals surface area (Å²) in [6.45, 7) is 7.57. The van der Waals surface area contributed by atoms with Crippen molar-refractivity contribution in [3.63, 3.8) is 0 Å². The molecule has 0 bridgehead atoms. The van der Waals surface area contributed by atoms with Gasteiger partial charge in [0.2, 0.25) is 5.91 Å². The lowest BCUT2D eigenvalue weighted by molar-refractivity contribution is -0.116. The average Bonchev–Trinajstić information content (AvgIpc) is 3.10. The van der Waals surface area contributed by atoms with E-state index in [1.807, 2.05) is 18.2 Å². The van der Waals surface area contributed by atoms with E-state index < -0.39 is 0 Å². The van der Waals surface area contributed by atoms with Gasteiger partial charge in [0.25, 0.3) is 0 Å². The highest BCUT2D eigenvalue weighted by Gasteiger charge is 2.24. The summed E-state index contributed by atoms with van der Waals surface area (Å²) in [5.74, 6) is 1.00. The van der Waals surface area contributed by atoms with Crippen LogP contribution in [0.3, 0.4) is 0 Å². The number of carbonyl (C=O) groups is 1. The minimum atomic E-state index is 0.0740. The Kier molecular flexibility index (Phi) is 8.36. The number of para-hydroxylation sites is 1. The first-order valence-electron chi connectivity index (χ1n) is 12.4. The van der Waals surface area contributed by atoms with Crippen LogP contribution in [0.5, 0.6) is 0 Å². The van der Waals surface area contributed by atoms with Crippen LogP contribution in [0, 0.1) is 0 Å². The van der Waals surface area contributed by atoms with E-state index in [2.05, 4.69) is 58.1 Å². The predicted molar refractivity (Wildman–Crippen MR) is 135 cm³/mol. The zero-order valence-electron chi connectivity index (χ0n) is 19.8. The third-order valence-electron chi connectivity index (χ3n) is 6.59. The molecule has 176 valence electrons. The standard InChI is InChI=1S/C27H37N5O/c1-2-28-27(30-19-23-17-26(33)31-25-14-8-7-13-24(23)25)29-18-21-11-5-6-12-22(21)20-32-15-9-3-4-10-16-32/h5-8,11-14,23H,2-4,9-10,15-20H2,1H3,(H,31,33)(H2,28,29,30). The lowest BCUT2D eigenvalue weighted by Crippen LogP contribution is -2.40. The Labute approximate surface area is 197 Å². The van der Waals surface area contributed by atoms with Crippen LogP contribution in [0.15, 0.2) is 53.5 Å². The van der Waals surface area contributed by atoms with E-state index in [-0.39, 0.29) is 11.8 Å². The van der Waals surface area contributed by atoms with Gasteiger partial charge in [-0.3, -0.25) is 9.69 Å². The monoisotopic (exact) mass is 447 g/mol. The van der Waals surface area contributed by atoms with Crippen molar-refractivity contribution in [2.45, 2.75) is 58.0 Å². The molecule has 1 atom stereocenters. The van der Waals surface area contributed by atoms with Gasteiger partial charge in [0, 0.05) is 37.7 Å². The van der Waals surface area contributed by atoms with E-state index in [9.17, 15) is 4.79 Å². The highest BCUT2D eigenvalue weighted by atomic mass is 16.1. The summed E-state index contributed by atoms with van der Waals surface area (Å²) in [7, 11) is 0. The number of amides is 1. The molecule has 1 fully saturated rings. The maximum atomic E-state index is 12.2. The van der Waals surface area contributed by atoms with Crippen molar-refractivity contribution in [1.82, 2.24) is 15.5 Å². The topological polar surface area (TPSA) is 68.8 Å². The molecular formula is C27H37N5O. The van der Waals surface area contributed by atoms with Gasteiger partial charge in [0.05, 0.1) is 6.54 Å². The van der Waals surface area contributed by atoms with Crippen LogP contribution in [0.1, 0.15) is 61.6 Å². The summed E-state index contributed by atoms with van der Waals surface area (Å²) < 4.78 is 0. The van der Waals surface area contributed by atoms with Crippen LogP contribution in [-0.2, 0) is 17.9 Å². The lowest BCUT2D eigenvalue weighted by atomic mass is 9.90. The van der Waals surface area contributed by atoms with Gasteiger partial charge in [-0.2, -0.15) is 0 Å². The lowest BCUT2D eigenvalue weighted by Gasteiger charge is -2.26. The van der Waals surface area contributed by atoms with Gasteiger partial charge < -0.3 is 16.0 Å². The quantitative estimate of drug-likeness (QED) is 0.439. The van der Waals surface area contributed by atoms with E-state index in [4.69, 9.17) is 4.99 Å². The first-order valence-corrected chi connectivity index (χ1v) is 12.4. The van der Waals surface area contributed by atoms with Gasteiger partial charge in [-0.15, -0.1) is 0 Å². The number of hydrogen-bond acceptors (Lipinski definition) is 3. The molecule has 4 rings (SSSR count). The maximum Gasteiger partial charge on any atom is 0.225 e. The Bertz CT molecular complexity index is 949. The Morgan fingerprint density at radius 1 is 1.00 bits per heavy atom. The Hall–Kier alpha value is -2.86. The largest absolute Gasteiger partial charge is 0.357 e. The van der Waals surface area contributed by atoms with Gasteiger partial charge in [0.1, 0.15) is 0 Å². The van der Waals surface area contributed by atoms with E-state index >= 15 is 0 Å². The molecule has 2 aliphatic heterocycles. The van der Waals surface area contributed by atoms with Gasteiger partial charge >= 0.3 is 0 Å². The third kappa shape index (κ3) is 6.57. The number of guanidine groups is 1. The number of hydrogen-bond donors (Lipinski definition) is 3. The van der Waals surface area contributed by atoms with Gasteiger partial charge in [0.15, 0.2) is 5.96 Å². The average molecular weight is 448 g/mol. The molecule has 2 aromatic carbocycles. The number of benzene rings is 2. The summed E-state index contributed by atoms with van der Waals surface area (Å²) in [6.07, 6.45) is 5.80. The number of likely N-dealkylation sites (tertiary alicyclic amines) is 1. The van der Waals surface area contributed by atoms with Crippen LogP contribution in [-0.4, -0.2) is 42.9 Å². The molecule has 6 nitrogen and oxygen atoms in total. The molecule has 0 aliphatic carbocycles. The molecule has 1 saturated heterocycles. The predicted octanol–water partition coefficient (Wildman–Crippen LogP) is 4.24. The van der Waals surface area contributed by atoms with Crippen molar-refractivity contribution >= 4 is 17.6 Å². The molecule has 1 amide bonds. The minimum absolute atomic E-state index is 0.0740. The number of fused-ring (bicyclic) bond motifs is 1. The van der Waals surface area contributed by atoms with Crippen molar-refractivity contribution in [2.24, 2.45) is 4.99 Å². The Morgan fingerprint density at radius 3 is 2.52 bits per heavy atom. The fourth-order valence-corrected chi connectivity index (χ4v) is 4.81. The van der Waals surface area contributed by atoms with Crippen molar-refractivity contribution < 1.29 is 4.79 Å². The van der Waals surface area contributed by atoms with Crippen molar-refractivity contribution in [3.8, 4) is 0 Å². The third-order valence-corrected chi connectivity index (χ3v) is 6.59. The molecule has 0 saturated carbocycles. The van der Waals surface area contributed by atoms with Crippen LogP contribution < -0.4 is 16.0 Å². The van der Waals surface area contributed by atoms with Gasteiger partial charge in [-0.05, 0) is 55.6 Å². The molecule has 3 N–H and O–H groups in total. The Morgan fingerprint density at radius 2 is 1.73 bits per heavy atom. The zero-order chi connectivity index (χ0) is 22.9. The molecule has 2 aliphatic rings. The second-order valence-electron chi connectivity index (χ2n) is 9.07. The van der Waals surface area contributed by atoms with E-state index in [1.54, 1.807) is 0 Å². The summed E-state index contributed by atoms with van der Waals surface area (Å²) in [5.41, 5.74) is 4.76. The first kappa shape index (κ1) is 23.3. The van der Waals surface area contributed by atoms with Crippen LogP contribution >= 0.6 is 0 Å². The normalized spacial score (nSPS) is 19.4. The minimum Gasteiger partial charge on any atom is -0.357 e. The van der Waals surface area contributed by atoms with Crippen molar-refractivity contribution in [1.29, 1.82) is 0 Å². The van der Waals surface area contributed by atoms with Crippen molar-refractivity contribution in [2.75, 3.05) is 31.5 Å². The second kappa shape index (κ2) is 11.8. The van der Waals surface area contributed by atoms with Crippen LogP contribution in [0.2, 0.25) is 0 Å². The van der Waals surface area contributed by atoms with E-state index in [0.717, 1.165) is 24.7 Å². The second-order valence-corrected chi connectivity index (χ2v) is 9.07. The van der Waals surface area contributed by atoms with Gasteiger partial charge in [-0.1, -0.05) is 55.3 Å². The molecular weight excluding hydrogens is 410 g/mol. The number of nitrogens with zero attached hydrogens (tertiary/aromatic N) is 2. The van der Waals surface area contributed by atoms with Crippen LogP contribution in [0.4, 0.5) is 5.69 Å². The highest BCUT2D eigenvalue weighted by molar-refractivity contribution is 5.94. The number of nitrogens with one attached hydrogen (secondary N) is 3. The van der Waals surface area contributed by atoms with Crippen molar-refractivity contribution in [3.05, 3.63) is 65.2 Å². The number of aliphatic imine (C=N–C) groups is 1. The summed E-state index contributed by atoms with van der Waals surface area (Å²) in [5, 5.41) is 9.82. The molecule has 2 aromatic rings. The highest BCUT2D eigenvalue weighted by Crippen LogP contribution is 2.31. The fraction of sp³-hybridized carbons (Fsp3) is 0.481. The fourth-order valence-electron chi connectivity index (χ4n) is 4.81. The maximum absolute atomic E-state index is 12.2. The van der Waals surface area contributed by atoms with E-state index in [0.29, 0.717) is 19.5 Å². The summed E-state index contributed by atoms with van der Waals surface area (Å²) in [6, 6.07) is 16.7. The first-order chi connectivity index (χ1) is 16.2. The zero-order valence-corrected chi connectivity index (χ0v) is 19.8.